The number of amides is 1. The van der Waals surface area contributed by atoms with E-state index >= 15 is 0 Å². The number of ether oxygens (including phenoxy) is 1. The number of ketones is 1. The van der Waals surface area contributed by atoms with Crippen molar-refractivity contribution in [2.45, 2.75) is 33.1 Å². The molecular weight excluding hydrogens is 294 g/mol. The first-order chi connectivity index (χ1) is 11.0. The standard InChI is InChI=1S/C18H25NO4/c1-12-9-17(23-3)13(2)8-15(12)16(21)4-5-18(22)19-7-6-14(10-19)11-20/h8-9,14,20H,4-7,10-11H2,1-3H3/t14-/m1/s1. The van der Waals surface area contributed by atoms with Crippen LogP contribution in [0.2, 0.25) is 0 Å². The topological polar surface area (TPSA) is 66.8 Å². The summed E-state index contributed by atoms with van der Waals surface area (Å²) in [5, 5.41) is 9.13. The van der Waals surface area contributed by atoms with E-state index in [9.17, 15) is 9.59 Å². The number of rotatable bonds is 6. The zero-order valence-electron chi connectivity index (χ0n) is 14.1. The molecule has 126 valence electrons. The third-order valence-corrected chi connectivity index (χ3v) is 4.50. The number of benzene rings is 1. The van der Waals surface area contributed by atoms with Crippen LogP contribution in [-0.4, -0.2) is 48.5 Å². The monoisotopic (exact) mass is 319 g/mol. The van der Waals surface area contributed by atoms with Crippen molar-refractivity contribution >= 4 is 11.7 Å². The van der Waals surface area contributed by atoms with Crippen LogP contribution in [0.5, 0.6) is 5.75 Å². The van der Waals surface area contributed by atoms with Gasteiger partial charge in [-0.25, -0.2) is 0 Å². The number of carbonyl (C=O) groups excluding carboxylic acids is 2. The Balaban J connectivity index is 1.95. The normalized spacial score (nSPS) is 17.4. The quantitative estimate of drug-likeness (QED) is 0.816. The van der Waals surface area contributed by atoms with Crippen LogP contribution in [0.1, 0.15) is 40.7 Å². The largest absolute Gasteiger partial charge is 0.496 e. The number of likely N-dealkylation sites (tertiary alicyclic amines) is 1. The fourth-order valence-electron chi connectivity index (χ4n) is 3.03. The SMILES string of the molecule is COc1cc(C)c(C(=O)CCC(=O)N2CC[C@@H](CO)C2)cc1C. The summed E-state index contributed by atoms with van der Waals surface area (Å²) >= 11 is 0. The second-order valence-electron chi connectivity index (χ2n) is 6.24. The van der Waals surface area contributed by atoms with Crippen LogP contribution in [0.25, 0.3) is 0 Å². The van der Waals surface area contributed by atoms with Crippen molar-refractivity contribution in [1.82, 2.24) is 4.90 Å². The average Bonchev–Trinajstić information content (AvgIpc) is 3.03. The van der Waals surface area contributed by atoms with Crippen LogP contribution in [0.3, 0.4) is 0 Å². The molecule has 0 saturated carbocycles. The summed E-state index contributed by atoms with van der Waals surface area (Å²) in [6.45, 7) is 5.18. The highest BCUT2D eigenvalue weighted by atomic mass is 16.5. The Morgan fingerprint density at radius 3 is 2.61 bits per heavy atom. The van der Waals surface area contributed by atoms with Gasteiger partial charge in [0.05, 0.1) is 7.11 Å². The van der Waals surface area contributed by atoms with Crippen LogP contribution in [0.4, 0.5) is 0 Å². The minimum absolute atomic E-state index is 0.00260. The minimum atomic E-state index is -0.0143. The second-order valence-corrected chi connectivity index (χ2v) is 6.24. The lowest BCUT2D eigenvalue weighted by Crippen LogP contribution is -2.29. The van der Waals surface area contributed by atoms with Gasteiger partial charge in [0.25, 0.3) is 0 Å². The average molecular weight is 319 g/mol. The van der Waals surface area contributed by atoms with Crippen LogP contribution >= 0.6 is 0 Å². The molecule has 5 heteroatoms. The van der Waals surface area contributed by atoms with E-state index in [1.807, 2.05) is 26.0 Å². The van der Waals surface area contributed by atoms with Crippen molar-refractivity contribution in [3.8, 4) is 5.75 Å². The fourth-order valence-corrected chi connectivity index (χ4v) is 3.03. The van der Waals surface area contributed by atoms with Gasteiger partial charge in [-0.3, -0.25) is 9.59 Å². The molecule has 1 heterocycles. The van der Waals surface area contributed by atoms with E-state index in [1.165, 1.54) is 0 Å². The molecule has 1 aliphatic rings. The molecule has 0 radical (unpaired) electrons. The third kappa shape index (κ3) is 4.10. The summed E-state index contributed by atoms with van der Waals surface area (Å²) in [5.74, 6) is 0.931. The van der Waals surface area contributed by atoms with E-state index in [2.05, 4.69) is 0 Å². The molecule has 1 aromatic rings. The number of aliphatic hydroxyl groups is 1. The lowest BCUT2D eigenvalue weighted by Gasteiger charge is -2.16. The van der Waals surface area contributed by atoms with Crippen LogP contribution in [0, 0.1) is 19.8 Å². The number of methoxy groups -OCH3 is 1. The molecule has 5 nitrogen and oxygen atoms in total. The van der Waals surface area contributed by atoms with Gasteiger partial charge in [0.1, 0.15) is 5.75 Å². The predicted molar refractivity (Wildman–Crippen MR) is 87.8 cm³/mol. The maximum atomic E-state index is 12.4. The van der Waals surface area contributed by atoms with Gasteiger partial charge in [-0.15, -0.1) is 0 Å². The molecule has 1 amide bonds. The molecular formula is C18H25NO4. The second kappa shape index (κ2) is 7.59. The molecule has 2 rings (SSSR count). The van der Waals surface area contributed by atoms with E-state index in [4.69, 9.17) is 9.84 Å². The first-order valence-corrected chi connectivity index (χ1v) is 8.03. The summed E-state index contributed by atoms with van der Waals surface area (Å²) in [4.78, 5) is 26.3. The highest BCUT2D eigenvalue weighted by Crippen LogP contribution is 2.24. The Hall–Kier alpha value is -1.88. The lowest BCUT2D eigenvalue weighted by atomic mass is 9.98. The molecule has 1 aliphatic heterocycles. The van der Waals surface area contributed by atoms with E-state index in [1.54, 1.807) is 12.0 Å². The van der Waals surface area contributed by atoms with Crippen LogP contribution < -0.4 is 4.74 Å². The Labute approximate surface area is 137 Å². The Bertz CT molecular complexity index is 597. The molecule has 0 spiro atoms. The van der Waals surface area contributed by atoms with Gasteiger partial charge in [0, 0.05) is 44.0 Å². The number of aliphatic hydroxyl groups excluding tert-OH is 1. The first kappa shape index (κ1) is 17.5. The number of aryl methyl sites for hydroxylation is 2. The van der Waals surface area contributed by atoms with E-state index in [0.29, 0.717) is 18.7 Å². The van der Waals surface area contributed by atoms with Gasteiger partial charge in [-0.1, -0.05) is 0 Å². The molecule has 0 unspecified atom stereocenters. The van der Waals surface area contributed by atoms with E-state index in [0.717, 1.165) is 23.3 Å². The maximum absolute atomic E-state index is 12.4. The molecule has 1 fully saturated rings. The highest BCUT2D eigenvalue weighted by molar-refractivity contribution is 5.99. The van der Waals surface area contributed by atoms with Gasteiger partial charge in [-0.2, -0.15) is 0 Å². The summed E-state index contributed by atoms with van der Waals surface area (Å²) in [7, 11) is 1.61. The molecule has 1 N–H and O–H groups in total. The van der Waals surface area contributed by atoms with Crippen molar-refractivity contribution in [2.75, 3.05) is 26.8 Å². The van der Waals surface area contributed by atoms with Crippen molar-refractivity contribution in [2.24, 2.45) is 5.92 Å². The van der Waals surface area contributed by atoms with Crippen molar-refractivity contribution in [1.29, 1.82) is 0 Å². The zero-order valence-corrected chi connectivity index (χ0v) is 14.1. The molecule has 1 atom stereocenters. The third-order valence-electron chi connectivity index (χ3n) is 4.50. The molecule has 23 heavy (non-hydrogen) atoms. The Kier molecular flexibility index (Phi) is 5.77. The number of Topliss-reactive ketones (excluding diaryl/α,β-unsaturated/α-hetero) is 1. The Morgan fingerprint density at radius 1 is 1.26 bits per heavy atom. The summed E-state index contributed by atoms with van der Waals surface area (Å²) in [5.41, 5.74) is 2.44. The number of carbonyl (C=O) groups is 2. The predicted octanol–water partition coefficient (Wildman–Crippen LogP) is 2.12. The fraction of sp³-hybridized carbons (Fsp3) is 0.556. The molecule has 1 saturated heterocycles. The number of hydrogen-bond donors (Lipinski definition) is 1. The van der Waals surface area contributed by atoms with Crippen LogP contribution in [-0.2, 0) is 4.79 Å². The maximum Gasteiger partial charge on any atom is 0.223 e. The lowest BCUT2D eigenvalue weighted by molar-refractivity contribution is -0.130. The van der Waals surface area contributed by atoms with Gasteiger partial charge in [0.2, 0.25) is 5.91 Å². The van der Waals surface area contributed by atoms with Crippen molar-refractivity contribution in [3.63, 3.8) is 0 Å². The van der Waals surface area contributed by atoms with Gasteiger partial charge < -0.3 is 14.7 Å². The first-order valence-electron chi connectivity index (χ1n) is 8.03. The van der Waals surface area contributed by atoms with Gasteiger partial charge in [-0.05, 0) is 43.5 Å². The number of hydrogen-bond acceptors (Lipinski definition) is 4. The molecule has 0 aromatic heterocycles. The number of nitrogens with zero attached hydrogens (tertiary/aromatic N) is 1. The summed E-state index contributed by atoms with van der Waals surface area (Å²) in [6.07, 6.45) is 1.28. The van der Waals surface area contributed by atoms with E-state index < -0.39 is 0 Å². The van der Waals surface area contributed by atoms with Gasteiger partial charge >= 0.3 is 0 Å². The smallest absolute Gasteiger partial charge is 0.223 e. The summed E-state index contributed by atoms with van der Waals surface area (Å²) in [6, 6.07) is 3.69. The minimum Gasteiger partial charge on any atom is -0.496 e. The van der Waals surface area contributed by atoms with Crippen molar-refractivity contribution < 1.29 is 19.4 Å². The van der Waals surface area contributed by atoms with Crippen molar-refractivity contribution in [3.05, 3.63) is 28.8 Å². The highest BCUT2D eigenvalue weighted by Gasteiger charge is 2.26. The zero-order chi connectivity index (χ0) is 17.0. The van der Waals surface area contributed by atoms with Crippen LogP contribution in [0.15, 0.2) is 12.1 Å². The molecule has 1 aromatic carbocycles. The summed E-state index contributed by atoms with van der Waals surface area (Å²) < 4.78 is 5.25. The Morgan fingerprint density at radius 2 is 2.00 bits per heavy atom. The molecule has 0 bridgehead atoms. The molecule has 0 aliphatic carbocycles. The van der Waals surface area contributed by atoms with E-state index in [-0.39, 0.29) is 37.1 Å². The van der Waals surface area contributed by atoms with Gasteiger partial charge in [0.15, 0.2) is 5.78 Å².